The highest BCUT2D eigenvalue weighted by Crippen LogP contribution is 2.26. The van der Waals surface area contributed by atoms with Gasteiger partial charge in [0.2, 0.25) is 17.7 Å². The van der Waals surface area contributed by atoms with Crippen LogP contribution >= 0.6 is 11.6 Å². The van der Waals surface area contributed by atoms with Gasteiger partial charge in [-0.25, -0.2) is 0 Å². The molecule has 2 aliphatic rings. The highest BCUT2D eigenvalue weighted by atomic mass is 35.5. The van der Waals surface area contributed by atoms with Crippen LogP contribution in [0.5, 0.6) is 0 Å². The molecular weight excluding hydrogens is 402 g/mol. The summed E-state index contributed by atoms with van der Waals surface area (Å²) in [7, 11) is 0. The summed E-state index contributed by atoms with van der Waals surface area (Å²) in [4.78, 5) is 19.3. The lowest BCUT2D eigenvalue weighted by Gasteiger charge is -2.37. The van der Waals surface area contributed by atoms with E-state index in [9.17, 15) is 4.79 Å². The van der Waals surface area contributed by atoms with Crippen molar-refractivity contribution in [1.82, 2.24) is 24.9 Å². The molecule has 4 rings (SSSR count). The molecule has 0 bridgehead atoms. The zero-order chi connectivity index (χ0) is 20.9. The molecule has 0 N–H and O–H groups in total. The van der Waals surface area contributed by atoms with E-state index in [2.05, 4.69) is 31.8 Å². The standard InChI is InChI=1S/C22H30ClN5O2/c1-17(21-24-25-22(30-21)18-7-6-8-19(23)15-18)27-13-11-26(12-14-27)16-20(29)28-9-4-2-3-5-10-28/h6-8,15,17H,2-5,9-14,16H2,1H3. The van der Waals surface area contributed by atoms with E-state index in [1.807, 2.05) is 24.3 Å². The summed E-state index contributed by atoms with van der Waals surface area (Å²) >= 11 is 6.06. The van der Waals surface area contributed by atoms with Crippen LogP contribution in [-0.2, 0) is 4.79 Å². The lowest BCUT2D eigenvalue weighted by atomic mass is 10.2. The molecule has 2 fully saturated rings. The molecule has 2 aromatic rings. The Morgan fingerprint density at radius 3 is 2.50 bits per heavy atom. The van der Waals surface area contributed by atoms with Crippen molar-refractivity contribution in [3.05, 3.63) is 35.2 Å². The second kappa shape index (κ2) is 9.90. The van der Waals surface area contributed by atoms with Gasteiger partial charge in [0.15, 0.2) is 0 Å². The van der Waals surface area contributed by atoms with Crippen LogP contribution in [0.4, 0.5) is 0 Å². The normalized spacial score (nSPS) is 20.1. The molecule has 3 heterocycles. The maximum Gasteiger partial charge on any atom is 0.247 e. The van der Waals surface area contributed by atoms with Crippen molar-refractivity contribution in [3.8, 4) is 11.5 Å². The van der Waals surface area contributed by atoms with Crippen LogP contribution in [0.25, 0.3) is 11.5 Å². The van der Waals surface area contributed by atoms with E-state index in [1.165, 1.54) is 12.8 Å². The summed E-state index contributed by atoms with van der Waals surface area (Å²) in [5, 5.41) is 9.10. The van der Waals surface area contributed by atoms with Crippen LogP contribution in [0.2, 0.25) is 5.02 Å². The third-order valence-corrected chi connectivity index (χ3v) is 6.38. The molecule has 0 spiro atoms. The molecule has 1 atom stereocenters. The summed E-state index contributed by atoms with van der Waals surface area (Å²) in [6.45, 7) is 7.96. The number of aromatic nitrogens is 2. The summed E-state index contributed by atoms with van der Waals surface area (Å²) in [5.74, 6) is 1.38. The van der Waals surface area contributed by atoms with Crippen molar-refractivity contribution >= 4 is 17.5 Å². The predicted octanol–water partition coefficient (Wildman–Crippen LogP) is 3.47. The van der Waals surface area contributed by atoms with Gasteiger partial charge >= 0.3 is 0 Å². The SMILES string of the molecule is CC(c1nnc(-c2cccc(Cl)c2)o1)N1CCN(CC(=O)N2CCCCCC2)CC1. The Labute approximate surface area is 183 Å². The zero-order valence-corrected chi connectivity index (χ0v) is 18.4. The van der Waals surface area contributed by atoms with E-state index in [-0.39, 0.29) is 11.9 Å². The smallest absolute Gasteiger partial charge is 0.247 e. The van der Waals surface area contributed by atoms with Crippen LogP contribution in [0.15, 0.2) is 28.7 Å². The second-order valence-electron chi connectivity index (χ2n) is 8.24. The zero-order valence-electron chi connectivity index (χ0n) is 17.6. The molecular formula is C22H30ClN5O2. The first-order valence-corrected chi connectivity index (χ1v) is 11.3. The average Bonchev–Trinajstić information content (AvgIpc) is 3.09. The van der Waals surface area contributed by atoms with Crippen molar-refractivity contribution in [1.29, 1.82) is 0 Å². The molecule has 162 valence electrons. The fourth-order valence-electron chi connectivity index (χ4n) is 4.22. The highest BCUT2D eigenvalue weighted by Gasteiger charge is 2.27. The maximum absolute atomic E-state index is 12.6. The van der Waals surface area contributed by atoms with Crippen LogP contribution < -0.4 is 0 Å². The minimum Gasteiger partial charge on any atom is -0.419 e. The third kappa shape index (κ3) is 5.20. The van der Waals surface area contributed by atoms with Gasteiger partial charge < -0.3 is 9.32 Å². The van der Waals surface area contributed by atoms with Gasteiger partial charge in [-0.1, -0.05) is 30.5 Å². The Morgan fingerprint density at radius 2 is 1.80 bits per heavy atom. The topological polar surface area (TPSA) is 65.7 Å². The summed E-state index contributed by atoms with van der Waals surface area (Å²) in [6.07, 6.45) is 4.76. The van der Waals surface area contributed by atoms with E-state index in [0.717, 1.165) is 57.7 Å². The van der Waals surface area contributed by atoms with Crippen LogP contribution in [0.3, 0.4) is 0 Å². The minimum absolute atomic E-state index is 0.0360. The van der Waals surface area contributed by atoms with E-state index in [0.29, 0.717) is 23.3 Å². The largest absolute Gasteiger partial charge is 0.419 e. The number of carbonyl (C=O) groups excluding carboxylic acids is 1. The van der Waals surface area contributed by atoms with Gasteiger partial charge in [-0.3, -0.25) is 14.6 Å². The van der Waals surface area contributed by atoms with Gasteiger partial charge in [0, 0.05) is 49.9 Å². The fraction of sp³-hybridized carbons (Fsp3) is 0.591. The Balaban J connectivity index is 1.29. The van der Waals surface area contributed by atoms with Crippen LogP contribution in [-0.4, -0.2) is 76.6 Å². The Bertz CT molecular complexity index is 842. The molecule has 2 saturated heterocycles. The average molecular weight is 432 g/mol. The quantitative estimate of drug-likeness (QED) is 0.722. The highest BCUT2D eigenvalue weighted by molar-refractivity contribution is 6.30. The lowest BCUT2D eigenvalue weighted by Crippen LogP contribution is -2.50. The van der Waals surface area contributed by atoms with Gasteiger partial charge in [-0.2, -0.15) is 0 Å². The summed E-state index contributed by atoms with van der Waals surface area (Å²) in [5.41, 5.74) is 0.824. The Morgan fingerprint density at radius 1 is 1.07 bits per heavy atom. The molecule has 7 nitrogen and oxygen atoms in total. The summed E-state index contributed by atoms with van der Waals surface area (Å²) < 4.78 is 5.93. The van der Waals surface area contributed by atoms with Crippen molar-refractivity contribution in [3.63, 3.8) is 0 Å². The Kier molecular flexibility index (Phi) is 7.02. The van der Waals surface area contributed by atoms with Crippen LogP contribution in [0, 0.1) is 0 Å². The van der Waals surface area contributed by atoms with E-state index in [4.69, 9.17) is 16.0 Å². The van der Waals surface area contributed by atoms with Gasteiger partial charge in [0.1, 0.15) is 0 Å². The molecule has 2 aliphatic heterocycles. The van der Waals surface area contributed by atoms with E-state index >= 15 is 0 Å². The monoisotopic (exact) mass is 431 g/mol. The van der Waals surface area contributed by atoms with Crippen molar-refractivity contribution in [2.45, 2.75) is 38.6 Å². The fourth-order valence-corrected chi connectivity index (χ4v) is 4.41. The number of hydrogen-bond donors (Lipinski definition) is 0. The molecule has 1 aromatic carbocycles. The molecule has 1 aromatic heterocycles. The van der Waals surface area contributed by atoms with Gasteiger partial charge in [-0.15, -0.1) is 10.2 Å². The van der Waals surface area contributed by atoms with E-state index < -0.39 is 0 Å². The van der Waals surface area contributed by atoms with Gasteiger partial charge in [-0.05, 0) is 38.0 Å². The van der Waals surface area contributed by atoms with Crippen LogP contribution in [0.1, 0.15) is 44.5 Å². The number of amides is 1. The first-order valence-electron chi connectivity index (χ1n) is 10.9. The van der Waals surface area contributed by atoms with Crippen molar-refractivity contribution in [2.24, 2.45) is 0 Å². The van der Waals surface area contributed by atoms with Gasteiger partial charge in [0.25, 0.3) is 0 Å². The lowest BCUT2D eigenvalue weighted by molar-refractivity contribution is -0.132. The number of rotatable bonds is 5. The molecule has 0 radical (unpaired) electrons. The van der Waals surface area contributed by atoms with Crippen molar-refractivity contribution < 1.29 is 9.21 Å². The molecule has 0 aliphatic carbocycles. The number of likely N-dealkylation sites (tertiary alicyclic amines) is 1. The van der Waals surface area contributed by atoms with E-state index in [1.54, 1.807) is 0 Å². The first-order chi connectivity index (χ1) is 14.6. The number of benzene rings is 1. The minimum atomic E-state index is 0.0360. The number of nitrogens with zero attached hydrogens (tertiary/aromatic N) is 5. The molecule has 30 heavy (non-hydrogen) atoms. The first kappa shape index (κ1) is 21.3. The molecule has 8 heteroatoms. The van der Waals surface area contributed by atoms with Crippen molar-refractivity contribution in [2.75, 3.05) is 45.8 Å². The van der Waals surface area contributed by atoms with Gasteiger partial charge in [0.05, 0.1) is 12.6 Å². The second-order valence-corrected chi connectivity index (χ2v) is 8.68. The summed E-state index contributed by atoms with van der Waals surface area (Å²) in [6, 6.07) is 7.46. The number of hydrogen-bond acceptors (Lipinski definition) is 6. The Hall–Kier alpha value is -1.96. The predicted molar refractivity (Wildman–Crippen MR) is 116 cm³/mol. The number of halogens is 1. The third-order valence-electron chi connectivity index (χ3n) is 6.14. The number of carbonyl (C=O) groups is 1. The molecule has 0 saturated carbocycles. The maximum atomic E-state index is 12.6. The molecule has 1 amide bonds. The molecule has 1 unspecified atom stereocenters. The number of piperazine rings is 1.